The quantitative estimate of drug-likeness (QED) is 0.0804. The highest BCUT2D eigenvalue weighted by Crippen LogP contribution is 2.60. The monoisotopic (exact) mass is 1450 g/mol. The van der Waals surface area contributed by atoms with Gasteiger partial charge in [0.2, 0.25) is 0 Å². The molecule has 6 nitrogen and oxygen atoms in total. The fourth-order valence-electron chi connectivity index (χ4n) is 17.5. The molecule has 112 heavy (non-hydrogen) atoms. The Balaban J connectivity index is 0.701. The lowest BCUT2D eigenvalue weighted by atomic mass is 9.67. The van der Waals surface area contributed by atoms with Gasteiger partial charge in [0.15, 0.2) is 11.2 Å². The standard InChI is InChI=1S/C104H70F2N2O4/c1-3-67-27-31-69(32-28-67)65-109-83-57-43-75(44-58-83)103(73-39-47-77(105)48-40-73)93-21-9-5-15-85(93)87-61-55-81(63-95(87)103)107(97-23-13-19-91-89-17-7-11-25-99(89)111-101(91)97)79-51-35-71(36-52-79)72-37-53-80(54-38-72)108(98-24-14-20-92-90-18-8-12-26-100(90)112-102(92)98)82-56-62-88-86-16-6-10-22-94(86)104(96(88)64-82,74-41-49-78(106)50-42-74)76-45-59-84(60-46-76)110-66-70-33-29-68(4-2)30-34-70/h3-64H,1-2,65-66H2. The van der Waals surface area contributed by atoms with Crippen LogP contribution in [-0.4, -0.2) is 0 Å². The van der Waals surface area contributed by atoms with Crippen molar-refractivity contribution in [3.63, 3.8) is 0 Å². The molecule has 18 aromatic rings. The summed E-state index contributed by atoms with van der Waals surface area (Å²) in [7, 11) is 0. The van der Waals surface area contributed by atoms with Crippen LogP contribution in [-0.2, 0) is 24.0 Å². The second kappa shape index (κ2) is 27.4. The summed E-state index contributed by atoms with van der Waals surface area (Å²) in [6, 6.07) is 125. The van der Waals surface area contributed by atoms with Gasteiger partial charge in [0.1, 0.15) is 47.5 Å². The van der Waals surface area contributed by atoms with Gasteiger partial charge in [-0.3, -0.25) is 0 Å². The molecule has 0 saturated heterocycles. The van der Waals surface area contributed by atoms with E-state index < -0.39 is 10.8 Å². The predicted molar refractivity (Wildman–Crippen MR) is 452 cm³/mol. The Morgan fingerprint density at radius 2 is 0.643 bits per heavy atom. The van der Waals surface area contributed by atoms with Crippen LogP contribution in [0.5, 0.6) is 11.5 Å². The zero-order valence-corrected chi connectivity index (χ0v) is 60.9. The van der Waals surface area contributed by atoms with Crippen molar-refractivity contribution in [1.29, 1.82) is 0 Å². The van der Waals surface area contributed by atoms with Crippen molar-refractivity contribution in [3.8, 4) is 44.9 Å². The SMILES string of the molecule is C=Cc1ccc(COc2ccc(C3(c4ccc(F)cc4)c4ccccc4-c4ccc(N(c5ccc(-c6ccc(N(c7ccc8c(c7)C(c7ccc(F)cc7)(c7ccc(OCc9ccc(C=C)cc9)cc7)c7ccccc7-8)c7cccc8c7oc7ccccc78)cc6)cc5)c5cccc6c5oc5ccccc56)cc43)cc2)cc1. The van der Waals surface area contributed by atoms with Crippen molar-refractivity contribution in [1.82, 2.24) is 0 Å². The van der Waals surface area contributed by atoms with E-state index in [1.807, 2.05) is 109 Å². The van der Waals surface area contributed by atoms with Gasteiger partial charge in [-0.1, -0.05) is 268 Å². The number of benzene rings is 16. The lowest BCUT2D eigenvalue weighted by Crippen LogP contribution is -2.29. The summed E-state index contributed by atoms with van der Waals surface area (Å²) >= 11 is 0. The average molecular weight is 1450 g/mol. The van der Waals surface area contributed by atoms with Crippen LogP contribution in [0.15, 0.2) is 386 Å². The van der Waals surface area contributed by atoms with Crippen LogP contribution in [0.4, 0.5) is 42.9 Å². The summed E-state index contributed by atoms with van der Waals surface area (Å²) in [4.78, 5) is 4.61. The van der Waals surface area contributed by atoms with E-state index in [0.717, 1.165) is 190 Å². The second-order valence-corrected chi connectivity index (χ2v) is 28.9. The smallest absolute Gasteiger partial charge is 0.159 e. The van der Waals surface area contributed by atoms with Crippen molar-refractivity contribution in [2.24, 2.45) is 0 Å². The summed E-state index contributed by atoms with van der Waals surface area (Å²) in [5.41, 5.74) is 25.4. The van der Waals surface area contributed by atoms with E-state index in [2.05, 4.69) is 266 Å². The fraction of sp³-hybridized carbons (Fsp3) is 0.0385. The van der Waals surface area contributed by atoms with E-state index in [1.165, 1.54) is 0 Å². The lowest BCUT2D eigenvalue weighted by Gasteiger charge is -2.35. The average Bonchev–Trinajstić information content (AvgIpc) is 1.54. The highest BCUT2D eigenvalue weighted by molar-refractivity contribution is 6.12. The maximum atomic E-state index is 15.4. The van der Waals surface area contributed by atoms with Gasteiger partial charge in [-0.25, -0.2) is 8.78 Å². The van der Waals surface area contributed by atoms with Crippen LogP contribution in [0.25, 0.3) is 89.4 Å². The Labute approximate surface area is 647 Å². The topological polar surface area (TPSA) is 51.2 Å². The first-order valence-corrected chi connectivity index (χ1v) is 37.7. The number of furan rings is 2. The van der Waals surface area contributed by atoms with Gasteiger partial charge in [0.25, 0.3) is 0 Å². The Hall–Kier alpha value is -14.3. The highest BCUT2D eigenvalue weighted by atomic mass is 19.1. The molecule has 2 heterocycles. The number of ether oxygens (including phenoxy) is 2. The van der Waals surface area contributed by atoms with Crippen LogP contribution >= 0.6 is 0 Å². The first kappa shape index (κ1) is 67.0. The molecule has 2 aliphatic rings. The second-order valence-electron chi connectivity index (χ2n) is 28.9. The van der Waals surface area contributed by atoms with Gasteiger partial charge in [-0.15, -0.1) is 0 Å². The summed E-state index contributed by atoms with van der Waals surface area (Å²) in [6.07, 6.45) is 3.67. The third-order valence-corrected chi connectivity index (χ3v) is 22.8. The van der Waals surface area contributed by atoms with Gasteiger partial charge in [0, 0.05) is 44.3 Å². The number of halogens is 2. The molecular weight excluding hydrogens is 1380 g/mol. The Kier molecular flexibility index (Phi) is 16.4. The summed E-state index contributed by atoms with van der Waals surface area (Å²) in [6.45, 7) is 8.64. The van der Waals surface area contributed by atoms with Crippen LogP contribution in [0.2, 0.25) is 0 Å². The number of nitrogens with zero attached hydrogens (tertiary/aromatic N) is 2. The molecule has 0 fully saturated rings. The van der Waals surface area contributed by atoms with E-state index in [0.29, 0.717) is 13.2 Å². The first-order chi connectivity index (χ1) is 55.2. The fourth-order valence-corrected chi connectivity index (χ4v) is 17.5. The summed E-state index contributed by atoms with van der Waals surface area (Å²) in [5.74, 6) is 0.845. The van der Waals surface area contributed by atoms with Crippen LogP contribution in [0, 0.1) is 11.6 Å². The minimum absolute atomic E-state index is 0.310. The third kappa shape index (κ3) is 11.1. The zero-order chi connectivity index (χ0) is 75.0. The van der Waals surface area contributed by atoms with E-state index in [9.17, 15) is 0 Å². The van der Waals surface area contributed by atoms with E-state index in [1.54, 1.807) is 24.3 Å². The van der Waals surface area contributed by atoms with Crippen molar-refractivity contribution >= 4 is 90.2 Å². The molecular formula is C104H70F2N2O4. The number of fused-ring (bicyclic) bond motifs is 12. The third-order valence-electron chi connectivity index (χ3n) is 22.8. The molecule has 0 aliphatic heterocycles. The van der Waals surface area contributed by atoms with E-state index >= 15 is 8.78 Å². The molecule has 0 spiro atoms. The maximum absolute atomic E-state index is 15.4. The minimum atomic E-state index is -0.888. The number of hydrogen-bond donors (Lipinski definition) is 0. The van der Waals surface area contributed by atoms with Gasteiger partial charge in [-0.2, -0.15) is 0 Å². The van der Waals surface area contributed by atoms with Crippen LogP contribution in [0.1, 0.15) is 66.8 Å². The summed E-state index contributed by atoms with van der Waals surface area (Å²) < 4.78 is 57.5. The van der Waals surface area contributed by atoms with Gasteiger partial charge < -0.3 is 28.1 Å². The minimum Gasteiger partial charge on any atom is -0.489 e. The Morgan fingerprint density at radius 3 is 1.04 bits per heavy atom. The van der Waals surface area contributed by atoms with Gasteiger partial charge in [-0.05, 0) is 221 Å². The van der Waals surface area contributed by atoms with Crippen molar-refractivity contribution in [3.05, 3.63) is 456 Å². The maximum Gasteiger partial charge on any atom is 0.159 e. The molecule has 0 radical (unpaired) electrons. The number of rotatable bonds is 19. The van der Waals surface area contributed by atoms with Crippen molar-refractivity contribution < 1.29 is 27.1 Å². The molecule has 16 aromatic carbocycles. The number of anilines is 6. The summed E-state index contributed by atoms with van der Waals surface area (Å²) in [5, 5.41) is 4.06. The molecule has 534 valence electrons. The Bertz CT molecular complexity index is 6260. The van der Waals surface area contributed by atoms with Crippen LogP contribution in [0.3, 0.4) is 0 Å². The molecule has 8 heteroatoms. The molecule has 0 amide bonds. The molecule has 0 bridgehead atoms. The van der Waals surface area contributed by atoms with E-state index in [4.69, 9.17) is 18.3 Å². The molecule has 0 N–H and O–H groups in total. The lowest BCUT2D eigenvalue weighted by molar-refractivity contribution is 0.306. The van der Waals surface area contributed by atoms with E-state index in [-0.39, 0.29) is 11.6 Å². The number of hydrogen-bond acceptors (Lipinski definition) is 6. The van der Waals surface area contributed by atoms with Crippen LogP contribution < -0.4 is 19.3 Å². The molecule has 0 saturated carbocycles. The molecule has 2 aliphatic carbocycles. The first-order valence-electron chi connectivity index (χ1n) is 37.7. The molecule has 2 atom stereocenters. The predicted octanol–water partition coefficient (Wildman–Crippen LogP) is 27.5. The van der Waals surface area contributed by atoms with Crippen molar-refractivity contribution in [2.75, 3.05) is 9.80 Å². The molecule has 2 aromatic heterocycles. The van der Waals surface area contributed by atoms with Gasteiger partial charge >= 0.3 is 0 Å². The highest BCUT2D eigenvalue weighted by Gasteiger charge is 2.48. The molecule has 20 rings (SSSR count). The zero-order valence-electron chi connectivity index (χ0n) is 60.9. The normalized spacial score (nSPS) is 14.6. The Morgan fingerprint density at radius 1 is 0.304 bits per heavy atom. The van der Waals surface area contributed by atoms with Crippen molar-refractivity contribution in [2.45, 2.75) is 24.0 Å². The largest absolute Gasteiger partial charge is 0.489 e. The molecule has 2 unspecified atom stereocenters. The van der Waals surface area contributed by atoms with Gasteiger partial charge in [0.05, 0.1) is 22.2 Å². The number of para-hydroxylation sites is 4.